The van der Waals surface area contributed by atoms with Gasteiger partial charge >= 0.3 is 5.97 Å². The van der Waals surface area contributed by atoms with Gasteiger partial charge in [-0.25, -0.2) is 4.39 Å². The predicted octanol–water partition coefficient (Wildman–Crippen LogP) is 1.70. The summed E-state index contributed by atoms with van der Waals surface area (Å²) in [6, 6.07) is 5.96. The lowest BCUT2D eigenvalue weighted by molar-refractivity contribution is -0.137. The van der Waals surface area contributed by atoms with Crippen LogP contribution in [-0.2, 0) is 16.1 Å². The second-order valence-electron chi connectivity index (χ2n) is 3.65. The number of rotatable bonds is 6. The van der Waals surface area contributed by atoms with E-state index in [9.17, 15) is 14.0 Å². The molecule has 0 aliphatic rings. The lowest BCUT2D eigenvalue weighted by Gasteiger charge is -2.04. The highest BCUT2D eigenvalue weighted by atomic mass is 19.1. The molecular weight excluding hydrogens is 225 g/mol. The summed E-state index contributed by atoms with van der Waals surface area (Å²) in [7, 11) is 0. The van der Waals surface area contributed by atoms with E-state index in [2.05, 4.69) is 5.32 Å². The van der Waals surface area contributed by atoms with Crippen molar-refractivity contribution in [3.8, 4) is 0 Å². The van der Waals surface area contributed by atoms with Crippen LogP contribution in [0.15, 0.2) is 24.3 Å². The van der Waals surface area contributed by atoms with Gasteiger partial charge in [0.15, 0.2) is 0 Å². The van der Waals surface area contributed by atoms with Crippen LogP contribution >= 0.6 is 0 Å². The molecule has 0 fully saturated rings. The molecule has 1 amide bonds. The number of nitrogens with one attached hydrogen (secondary N) is 1. The molecule has 17 heavy (non-hydrogen) atoms. The van der Waals surface area contributed by atoms with Gasteiger partial charge in [0.2, 0.25) is 5.91 Å². The molecule has 2 N–H and O–H groups in total. The van der Waals surface area contributed by atoms with Crippen LogP contribution in [0.2, 0.25) is 0 Å². The Morgan fingerprint density at radius 1 is 1.29 bits per heavy atom. The van der Waals surface area contributed by atoms with Crippen LogP contribution in [0.3, 0.4) is 0 Å². The third-order valence-corrected chi connectivity index (χ3v) is 2.17. The van der Waals surface area contributed by atoms with Gasteiger partial charge in [0.25, 0.3) is 0 Å². The monoisotopic (exact) mass is 239 g/mol. The largest absolute Gasteiger partial charge is 0.481 e. The number of hydrogen-bond donors (Lipinski definition) is 2. The summed E-state index contributed by atoms with van der Waals surface area (Å²) < 4.78 is 12.8. The highest BCUT2D eigenvalue weighted by Crippen LogP contribution is 2.03. The maximum atomic E-state index is 12.8. The first-order valence-corrected chi connectivity index (χ1v) is 5.31. The molecule has 0 bridgehead atoms. The van der Waals surface area contributed by atoms with Crippen molar-refractivity contribution >= 4 is 11.9 Å². The summed E-state index contributed by atoms with van der Waals surface area (Å²) >= 11 is 0. The molecule has 1 rings (SSSR count). The molecule has 1 aromatic rings. The Kier molecular flexibility index (Phi) is 5.13. The summed E-state index contributed by atoms with van der Waals surface area (Å²) in [5.41, 5.74) is 0.677. The maximum Gasteiger partial charge on any atom is 0.303 e. The number of carbonyl (C=O) groups is 2. The quantitative estimate of drug-likeness (QED) is 0.794. The number of carbonyl (C=O) groups excluding carboxylic acids is 1. The number of benzene rings is 1. The number of carboxylic acids is 1. The first kappa shape index (κ1) is 13.2. The average Bonchev–Trinajstić information content (AvgIpc) is 2.26. The Morgan fingerprint density at radius 3 is 2.71 bits per heavy atom. The van der Waals surface area contributed by atoms with Crippen molar-refractivity contribution in [1.29, 1.82) is 0 Å². The minimum absolute atomic E-state index is 0.0205. The van der Waals surface area contributed by atoms with Gasteiger partial charge in [0.05, 0.1) is 0 Å². The molecule has 4 nitrogen and oxygen atoms in total. The first-order chi connectivity index (χ1) is 8.08. The third kappa shape index (κ3) is 5.65. The molecule has 1 aromatic carbocycles. The van der Waals surface area contributed by atoms with E-state index in [-0.39, 0.29) is 31.1 Å². The van der Waals surface area contributed by atoms with Crippen molar-refractivity contribution in [1.82, 2.24) is 5.32 Å². The van der Waals surface area contributed by atoms with E-state index in [1.807, 2.05) is 0 Å². The normalized spacial score (nSPS) is 9.94. The van der Waals surface area contributed by atoms with E-state index in [4.69, 9.17) is 5.11 Å². The molecule has 0 aliphatic heterocycles. The minimum atomic E-state index is -0.914. The molecular formula is C12H14FNO3. The predicted molar refractivity (Wildman–Crippen MR) is 59.7 cm³/mol. The number of amides is 1. The molecule has 0 radical (unpaired) electrons. The summed E-state index contributed by atoms with van der Waals surface area (Å²) in [6.07, 6.45) is 0.458. The Bertz CT molecular complexity index is 406. The van der Waals surface area contributed by atoms with Crippen LogP contribution in [0.5, 0.6) is 0 Å². The van der Waals surface area contributed by atoms with E-state index < -0.39 is 5.97 Å². The third-order valence-electron chi connectivity index (χ3n) is 2.17. The van der Waals surface area contributed by atoms with E-state index in [0.29, 0.717) is 12.0 Å². The molecule has 0 saturated heterocycles. The molecule has 0 spiro atoms. The number of aliphatic carboxylic acids is 1. The highest BCUT2D eigenvalue weighted by Gasteiger charge is 2.03. The molecule has 5 heteroatoms. The van der Waals surface area contributed by atoms with Crippen molar-refractivity contribution in [2.45, 2.75) is 25.8 Å². The molecule has 0 aromatic heterocycles. The number of halogens is 1. The molecule has 0 aliphatic carbocycles. The van der Waals surface area contributed by atoms with Crippen molar-refractivity contribution < 1.29 is 19.1 Å². The highest BCUT2D eigenvalue weighted by molar-refractivity contribution is 5.76. The van der Waals surface area contributed by atoms with Gasteiger partial charge in [-0.1, -0.05) is 12.1 Å². The van der Waals surface area contributed by atoms with Crippen molar-refractivity contribution in [2.24, 2.45) is 0 Å². The first-order valence-electron chi connectivity index (χ1n) is 5.31. The van der Waals surface area contributed by atoms with Crippen LogP contribution < -0.4 is 5.32 Å². The fourth-order valence-corrected chi connectivity index (χ4v) is 1.34. The fourth-order valence-electron chi connectivity index (χ4n) is 1.34. The van der Waals surface area contributed by atoms with E-state index in [1.165, 1.54) is 12.1 Å². The molecule has 0 unspecified atom stereocenters. The molecule has 0 saturated carbocycles. The van der Waals surface area contributed by atoms with Gasteiger partial charge in [0.1, 0.15) is 5.82 Å². The summed E-state index contributed by atoms with van der Waals surface area (Å²) in [5, 5.41) is 11.0. The maximum absolute atomic E-state index is 12.8. The number of hydrogen-bond acceptors (Lipinski definition) is 2. The van der Waals surface area contributed by atoms with Crippen LogP contribution in [0.4, 0.5) is 4.39 Å². The zero-order chi connectivity index (χ0) is 12.7. The second kappa shape index (κ2) is 6.62. The van der Waals surface area contributed by atoms with Crippen molar-refractivity contribution in [3.05, 3.63) is 35.6 Å². The van der Waals surface area contributed by atoms with Gasteiger partial charge in [-0.05, 0) is 24.1 Å². The zero-order valence-electron chi connectivity index (χ0n) is 9.28. The molecule has 0 atom stereocenters. The Labute approximate surface area is 98.5 Å². The van der Waals surface area contributed by atoms with Crippen LogP contribution in [0.1, 0.15) is 24.8 Å². The van der Waals surface area contributed by atoms with Crippen LogP contribution in [-0.4, -0.2) is 17.0 Å². The molecule has 92 valence electrons. The lowest BCUT2D eigenvalue weighted by atomic mass is 10.2. The van der Waals surface area contributed by atoms with E-state index in [0.717, 1.165) is 0 Å². The number of carboxylic acid groups (broad SMARTS) is 1. The van der Waals surface area contributed by atoms with Gasteiger partial charge in [0, 0.05) is 19.4 Å². The van der Waals surface area contributed by atoms with Gasteiger partial charge in [-0.2, -0.15) is 0 Å². The fraction of sp³-hybridized carbons (Fsp3) is 0.333. The summed E-state index contributed by atoms with van der Waals surface area (Å²) in [6.45, 7) is 0.254. The van der Waals surface area contributed by atoms with E-state index >= 15 is 0 Å². The van der Waals surface area contributed by atoms with E-state index in [1.54, 1.807) is 12.1 Å². The Balaban J connectivity index is 2.26. The lowest BCUT2D eigenvalue weighted by Crippen LogP contribution is -2.22. The van der Waals surface area contributed by atoms with Gasteiger partial charge in [-0.15, -0.1) is 0 Å². The smallest absolute Gasteiger partial charge is 0.303 e. The average molecular weight is 239 g/mol. The van der Waals surface area contributed by atoms with Crippen molar-refractivity contribution in [2.75, 3.05) is 0 Å². The molecule has 0 heterocycles. The Morgan fingerprint density at radius 2 is 2.06 bits per heavy atom. The minimum Gasteiger partial charge on any atom is -0.481 e. The summed E-state index contributed by atoms with van der Waals surface area (Å²) in [4.78, 5) is 21.5. The second-order valence-corrected chi connectivity index (χ2v) is 3.65. The van der Waals surface area contributed by atoms with Crippen LogP contribution in [0.25, 0.3) is 0 Å². The van der Waals surface area contributed by atoms with Gasteiger partial charge in [-0.3, -0.25) is 9.59 Å². The van der Waals surface area contributed by atoms with Gasteiger partial charge < -0.3 is 10.4 Å². The van der Waals surface area contributed by atoms with Crippen molar-refractivity contribution in [3.63, 3.8) is 0 Å². The summed E-state index contributed by atoms with van der Waals surface area (Å²) in [5.74, 6) is -1.49. The standard InChI is InChI=1S/C12H14FNO3/c13-10-4-1-3-9(7-10)8-14-11(15)5-2-6-12(16)17/h1,3-4,7H,2,5-6,8H2,(H,14,15)(H,16,17). The topological polar surface area (TPSA) is 66.4 Å². The van der Waals surface area contributed by atoms with Crippen LogP contribution in [0, 0.1) is 5.82 Å². The SMILES string of the molecule is O=C(O)CCCC(=O)NCc1cccc(F)c1. The zero-order valence-corrected chi connectivity index (χ0v) is 9.28. The Hall–Kier alpha value is -1.91.